The maximum absolute atomic E-state index is 12.1. The molecular formula is C18H15N3O2S. The number of thioether (sulfide) groups is 1. The summed E-state index contributed by atoms with van der Waals surface area (Å²) in [4.78, 5) is 26.8. The zero-order valence-electron chi connectivity index (χ0n) is 12.8. The third kappa shape index (κ3) is 4.17. The van der Waals surface area contributed by atoms with Gasteiger partial charge in [-0.3, -0.25) is 14.6 Å². The van der Waals surface area contributed by atoms with Crippen molar-refractivity contribution < 1.29 is 4.79 Å². The zero-order valence-corrected chi connectivity index (χ0v) is 13.6. The first-order chi connectivity index (χ1) is 11.7. The minimum Gasteiger partial charge on any atom is -0.298 e. The number of Topliss-reactive ketones (excluding diaryl/α,β-unsaturated/α-hetero) is 1. The summed E-state index contributed by atoms with van der Waals surface area (Å²) in [5.74, 6) is 0.184. The summed E-state index contributed by atoms with van der Waals surface area (Å²) in [5, 5.41) is 8.35. The van der Waals surface area contributed by atoms with Crippen LogP contribution in [-0.4, -0.2) is 26.7 Å². The number of nitrogens with zero attached hydrogens (tertiary/aromatic N) is 2. The molecule has 0 amide bonds. The lowest BCUT2D eigenvalue weighted by atomic mass is 10.1. The molecule has 0 fully saturated rings. The van der Waals surface area contributed by atoms with Crippen LogP contribution < -0.4 is 5.56 Å². The third-order valence-electron chi connectivity index (χ3n) is 3.39. The molecule has 3 rings (SSSR count). The first-order valence-corrected chi connectivity index (χ1v) is 8.42. The standard InChI is InChI=1S/C18H15N3O2S/c22-16(14-9-5-2-6-10-14)12-24-18-19-17(23)15(20-21-18)11-13-7-3-1-4-8-13/h1-10H,11-12H2,(H,19,21,23). The van der Waals surface area contributed by atoms with Crippen LogP contribution in [0.25, 0.3) is 0 Å². The van der Waals surface area contributed by atoms with Crippen molar-refractivity contribution in [1.82, 2.24) is 15.2 Å². The Balaban J connectivity index is 1.65. The van der Waals surface area contributed by atoms with Crippen molar-refractivity contribution in [3.8, 4) is 0 Å². The minimum absolute atomic E-state index is 0.0170. The van der Waals surface area contributed by atoms with E-state index in [1.165, 1.54) is 11.8 Å². The van der Waals surface area contributed by atoms with Crippen LogP contribution >= 0.6 is 11.8 Å². The number of hydrogen-bond donors (Lipinski definition) is 1. The Morgan fingerprint density at radius 3 is 2.29 bits per heavy atom. The maximum atomic E-state index is 12.1. The van der Waals surface area contributed by atoms with Crippen LogP contribution in [0.2, 0.25) is 0 Å². The van der Waals surface area contributed by atoms with Crippen molar-refractivity contribution in [3.63, 3.8) is 0 Å². The molecular weight excluding hydrogens is 322 g/mol. The predicted octanol–water partition coefficient (Wildman–Crippen LogP) is 2.73. The summed E-state index contributed by atoms with van der Waals surface area (Å²) >= 11 is 1.17. The van der Waals surface area contributed by atoms with Crippen molar-refractivity contribution in [2.75, 3.05) is 5.75 Å². The van der Waals surface area contributed by atoms with E-state index in [9.17, 15) is 9.59 Å². The van der Waals surface area contributed by atoms with Crippen LogP contribution in [0.15, 0.2) is 70.6 Å². The molecule has 0 saturated heterocycles. The Morgan fingerprint density at radius 2 is 1.62 bits per heavy atom. The number of benzene rings is 2. The average molecular weight is 337 g/mol. The molecule has 6 heteroatoms. The van der Waals surface area contributed by atoms with Crippen molar-refractivity contribution in [2.24, 2.45) is 0 Å². The first-order valence-electron chi connectivity index (χ1n) is 7.43. The number of carbonyl (C=O) groups excluding carboxylic acids is 1. The molecule has 1 heterocycles. The summed E-state index contributed by atoms with van der Waals surface area (Å²) < 4.78 is 0. The van der Waals surface area contributed by atoms with Crippen LogP contribution in [0.1, 0.15) is 21.6 Å². The lowest BCUT2D eigenvalue weighted by Crippen LogP contribution is -2.18. The molecule has 0 bridgehead atoms. The van der Waals surface area contributed by atoms with E-state index in [0.29, 0.717) is 22.8 Å². The molecule has 24 heavy (non-hydrogen) atoms. The molecule has 1 aromatic heterocycles. The number of ketones is 1. The Kier molecular flexibility index (Phi) is 5.18. The molecule has 1 N–H and O–H groups in total. The number of nitrogens with one attached hydrogen (secondary N) is 1. The molecule has 0 unspecified atom stereocenters. The van der Waals surface area contributed by atoms with E-state index in [4.69, 9.17) is 0 Å². The molecule has 2 aromatic carbocycles. The number of H-pyrrole nitrogens is 1. The molecule has 0 radical (unpaired) electrons. The van der Waals surface area contributed by atoms with Gasteiger partial charge in [0.2, 0.25) is 0 Å². The fourth-order valence-electron chi connectivity index (χ4n) is 2.16. The van der Waals surface area contributed by atoms with Crippen LogP contribution in [0.3, 0.4) is 0 Å². The zero-order chi connectivity index (χ0) is 16.8. The Morgan fingerprint density at radius 1 is 0.958 bits per heavy atom. The van der Waals surface area contributed by atoms with E-state index in [1.807, 2.05) is 48.5 Å². The minimum atomic E-state index is -0.275. The van der Waals surface area contributed by atoms with Gasteiger partial charge in [0.05, 0.1) is 5.75 Å². The van der Waals surface area contributed by atoms with Gasteiger partial charge in [-0.1, -0.05) is 72.4 Å². The van der Waals surface area contributed by atoms with Gasteiger partial charge in [0.25, 0.3) is 5.56 Å². The smallest absolute Gasteiger partial charge is 0.273 e. The highest BCUT2D eigenvalue weighted by atomic mass is 32.2. The number of rotatable bonds is 6. The Hall–Kier alpha value is -2.73. The number of aromatic nitrogens is 3. The number of carbonyl (C=O) groups is 1. The van der Waals surface area contributed by atoms with Gasteiger partial charge in [-0.25, -0.2) is 0 Å². The molecule has 0 atom stereocenters. The van der Waals surface area contributed by atoms with Gasteiger partial charge < -0.3 is 0 Å². The summed E-state index contributed by atoms with van der Waals surface area (Å²) in [6, 6.07) is 18.6. The summed E-state index contributed by atoms with van der Waals surface area (Å²) in [6.07, 6.45) is 0.428. The first kappa shape index (κ1) is 16.1. The SMILES string of the molecule is O=C(CSc1nnc(Cc2ccccc2)c(=O)[nH]1)c1ccccc1. The van der Waals surface area contributed by atoms with Crippen molar-refractivity contribution in [2.45, 2.75) is 11.6 Å². The molecule has 0 spiro atoms. The summed E-state index contributed by atoms with van der Waals surface area (Å²) in [7, 11) is 0. The van der Waals surface area contributed by atoms with E-state index < -0.39 is 0 Å². The quantitative estimate of drug-likeness (QED) is 0.553. The van der Waals surface area contributed by atoms with Gasteiger partial charge in [-0.15, -0.1) is 10.2 Å². The Labute approximate surface area is 143 Å². The monoisotopic (exact) mass is 337 g/mol. The molecule has 0 saturated carbocycles. The highest BCUT2D eigenvalue weighted by Crippen LogP contribution is 2.13. The predicted molar refractivity (Wildman–Crippen MR) is 93.4 cm³/mol. The lowest BCUT2D eigenvalue weighted by Gasteiger charge is -2.02. The fraction of sp³-hybridized carbons (Fsp3) is 0.111. The Bertz CT molecular complexity index is 880. The number of hydrogen-bond acceptors (Lipinski definition) is 5. The van der Waals surface area contributed by atoms with Crippen LogP contribution in [0.4, 0.5) is 0 Å². The van der Waals surface area contributed by atoms with Crippen molar-refractivity contribution in [1.29, 1.82) is 0 Å². The summed E-state index contributed by atoms with van der Waals surface area (Å²) in [6.45, 7) is 0. The van der Waals surface area contributed by atoms with E-state index in [2.05, 4.69) is 15.2 Å². The van der Waals surface area contributed by atoms with Gasteiger partial charge in [-0.2, -0.15) is 0 Å². The van der Waals surface area contributed by atoms with E-state index in [-0.39, 0.29) is 17.1 Å². The van der Waals surface area contributed by atoms with E-state index in [0.717, 1.165) is 5.56 Å². The van der Waals surface area contributed by atoms with Crippen LogP contribution in [0, 0.1) is 0 Å². The topological polar surface area (TPSA) is 75.7 Å². The van der Waals surface area contributed by atoms with Gasteiger partial charge >= 0.3 is 0 Å². The third-order valence-corrected chi connectivity index (χ3v) is 4.26. The van der Waals surface area contributed by atoms with Gasteiger partial charge in [0.15, 0.2) is 10.9 Å². The van der Waals surface area contributed by atoms with Gasteiger partial charge in [-0.05, 0) is 5.56 Å². The van der Waals surface area contributed by atoms with E-state index in [1.54, 1.807) is 12.1 Å². The molecule has 3 aromatic rings. The van der Waals surface area contributed by atoms with Gasteiger partial charge in [0, 0.05) is 12.0 Å². The average Bonchev–Trinajstić information content (AvgIpc) is 2.63. The number of aromatic amines is 1. The fourth-order valence-corrected chi connectivity index (χ4v) is 2.85. The molecule has 0 aliphatic rings. The lowest BCUT2D eigenvalue weighted by molar-refractivity contribution is 0.102. The van der Waals surface area contributed by atoms with Crippen molar-refractivity contribution >= 4 is 17.5 Å². The van der Waals surface area contributed by atoms with Crippen molar-refractivity contribution in [3.05, 3.63) is 87.8 Å². The normalized spacial score (nSPS) is 10.5. The van der Waals surface area contributed by atoms with Crippen LogP contribution in [0.5, 0.6) is 0 Å². The molecule has 5 nitrogen and oxygen atoms in total. The highest BCUT2D eigenvalue weighted by molar-refractivity contribution is 7.99. The largest absolute Gasteiger partial charge is 0.298 e. The summed E-state index contributed by atoms with van der Waals surface area (Å²) in [5.41, 5.74) is 1.72. The maximum Gasteiger partial charge on any atom is 0.273 e. The van der Waals surface area contributed by atoms with Gasteiger partial charge in [0.1, 0.15) is 5.69 Å². The molecule has 120 valence electrons. The van der Waals surface area contributed by atoms with Crippen LogP contribution in [-0.2, 0) is 6.42 Å². The second-order valence-electron chi connectivity index (χ2n) is 5.15. The molecule has 0 aliphatic heterocycles. The second kappa shape index (κ2) is 7.70. The van der Waals surface area contributed by atoms with E-state index >= 15 is 0 Å². The highest BCUT2D eigenvalue weighted by Gasteiger charge is 2.10. The second-order valence-corrected chi connectivity index (χ2v) is 6.11. The molecule has 0 aliphatic carbocycles.